The Labute approximate surface area is 134 Å². The van der Waals surface area contributed by atoms with E-state index in [1.165, 1.54) is 0 Å². The molecule has 2 aromatic carbocycles. The summed E-state index contributed by atoms with van der Waals surface area (Å²) in [6.07, 6.45) is 3.68. The predicted octanol–water partition coefficient (Wildman–Crippen LogP) is 4.45. The van der Waals surface area contributed by atoms with Crippen LogP contribution in [0.4, 0.5) is 11.4 Å². The number of aromatic nitrogens is 3. The fourth-order valence-electron chi connectivity index (χ4n) is 2.66. The predicted molar refractivity (Wildman–Crippen MR) is 92.9 cm³/mol. The molecule has 2 aromatic heterocycles. The van der Waals surface area contributed by atoms with Crippen LogP contribution in [0, 0.1) is 6.92 Å². The lowest BCUT2D eigenvalue weighted by Gasteiger charge is -2.08. The molecule has 0 spiro atoms. The number of imidazole rings is 1. The van der Waals surface area contributed by atoms with Crippen LogP contribution in [0.15, 0.2) is 73.1 Å². The third kappa shape index (κ3) is 2.55. The zero-order chi connectivity index (χ0) is 15.6. The lowest BCUT2D eigenvalue weighted by Crippen LogP contribution is -1.96. The van der Waals surface area contributed by atoms with Crippen LogP contribution in [0.5, 0.6) is 0 Å². The third-order valence-corrected chi connectivity index (χ3v) is 3.82. The van der Waals surface area contributed by atoms with E-state index in [2.05, 4.69) is 33.6 Å². The second-order valence-corrected chi connectivity index (χ2v) is 5.46. The van der Waals surface area contributed by atoms with E-state index in [9.17, 15) is 0 Å². The van der Waals surface area contributed by atoms with Crippen molar-refractivity contribution in [1.82, 2.24) is 14.6 Å². The van der Waals surface area contributed by atoms with Gasteiger partial charge >= 0.3 is 0 Å². The van der Waals surface area contributed by atoms with Crippen molar-refractivity contribution in [2.45, 2.75) is 6.92 Å². The average Bonchev–Trinajstić information content (AvgIpc) is 3.02. The number of nitrogens with zero attached hydrogens (tertiary/aromatic N) is 3. The molecular formula is C19H16N4. The van der Waals surface area contributed by atoms with E-state index in [0.29, 0.717) is 0 Å². The van der Waals surface area contributed by atoms with Gasteiger partial charge < -0.3 is 5.32 Å². The number of benzene rings is 2. The van der Waals surface area contributed by atoms with Gasteiger partial charge in [0.2, 0.25) is 0 Å². The maximum atomic E-state index is 4.49. The van der Waals surface area contributed by atoms with Crippen LogP contribution in [0.2, 0.25) is 0 Å². The summed E-state index contributed by atoms with van der Waals surface area (Å²) in [4.78, 5) is 4.49. The van der Waals surface area contributed by atoms with Gasteiger partial charge in [0, 0.05) is 23.1 Å². The molecule has 0 fully saturated rings. The number of rotatable bonds is 3. The van der Waals surface area contributed by atoms with Crippen molar-refractivity contribution in [3.8, 4) is 11.3 Å². The number of hydrogen-bond acceptors (Lipinski definition) is 3. The third-order valence-electron chi connectivity index (χ3n) is 3.82. The van der Waals surface area contributed by atoms with E-state index < -0.39 is 0 Å². The molecule has 0 aliphatic heterocycles. The summed E-state index contributed by atoms with van der Waals surface area (Å²) in [5, 5.41) is 7.84. The first-order valence-electron chi connectivity index (χ1n) is 7.53. The second-order valence-electron chi connectivity index (χ2n) is 5.46. The largest absolute Gasteiger partial charge is 0.356 e. The van der Waals surface area contributed by atoms with E-state index in [0.717, 1.165) is 33.8 Å². The number of fused-ring (bicyclic) bond motifs is 1. The molecule has 0 radical (unpaired) electrons. The van der Waals surface area contributed by atoms with Gasteiger partial charge in [-0.15, -0.1) is 0 Å². The number of anilines is 2. The lowest BCUT2D eigenvalue weighted by molar-refractivity contribution is 0.934. The summed E-state index contributed by atoms with van der Waals surface area (Å²) in [5.41, 5.74) is 6.18. The van der Waals surface area contributed by atoms with E-state index in [1.54, 1.807) is 6.20 Å². The Hall–Kier alpha value is -3.14. The normalized spacial score (nSPS) is 10.8. The first-order chi connectivity index (χ1) is 11.3. The average molecular weight is 300 g/mol. The van der Waals surface area contributed by atoms with Crippen molar-refractivity contribution in [2.24, 2.45) is 0 Å². The van der Waals surface area contributed by atoms with Crippen molar-refractivity contribution in [1.29, 1.82) is 0 Å². The molecule has 4 heteroatoms. The number of para-hydroxylation sites is 1. The summed E-state index contributed by atoms with van der Waals surface area (Å²) in [6.45, 7) is 2.04. The highest BCUT2D eigenvalue weighted by Gasteiger charge is 2.09. The molecule has 0 aliphatic rings. The van der Waals surface area contributed by atoms with Crippen LogP contribution in [-0.4, -0.2) is 14.6 Å². The Balaban J connectivity index is 1.74. The number of aryl methyl sites for hydroxylation is 1. The van der Waals surface area contributed by atoms with Crippen LogP contribution >= 0.6 is 0 Å². The van der Waals surface area contributed by atoms with Crippen molar-refractivity contribution >= 4 is 17.0 Å². The zero-order valence-corrected chi connectivity index (χ0v) is 12.8. The van der Waals surface area contributed by atoms with Crippen LogP contribution in [-0.2, 0) is 0 Å². The minimum atomic E-state index is 0.893. The highest BCUT2D eigenvalue weighted by molar-refractivity contribution is 5.70. The highest BCUT2D eigenvalue weighted by atomic mass is 15.3. The minimum Gasteiger partial charge on any atom is -0.356 e. The van der Waals surface area contributed by atoms with Crippen molar-refractivity contribution in [3.05, 3.63) is 78.6 Å². The maximum absolute atomic E-state index is 4.49. The van der Waals surface area contributed by atoms with Gasteiger partial charge in [-0.2, -0.15) is 5.10 Å². The van der Waals surface area contributed by atoms with Crippen molar-refractivity contribution in [2.75, 3.05) is 5.32 Å². The zero-order valence-electron chi connectivity index (χ0n) is 12.8. The smallest absolute Gasteiger partial charge is 0.157 e. The van der Waals surface area contributed by atoms with Gasteiger partial charge in [0.25, 0.3) is 0 Å². The molecule has 23 heavy (non-hydrogen) atoms. The van der Waals surface area contributed by atoms with Gasteiger partial charge in [-0.05, 0) is 42.8 Å². The van der Waals surface area contributed by atoms with Crippen molar-refractivity contribution in [3.63, 3.8) is 0 Å². The Bertz CT molecular complexity index is 957. The highest BCUT2D eigenvalue weighted by Crippen LogP contribution is 2.25. The van der Waals surface area contributed by atoms with Gasteiger partial charge in [-0.25, -0.2) is 9.50 Å². The lowest BCUT2D eigenvalue weighted by atomic mass is 10.1. The number of nitrogens with one attached hydrogen (secondary N) is 1. The first kappa shape index (κ1) is 13.5. The molecule has 2 heterocycles. The summed E-state index contributed by atoms with van der Waals surface area (Å²) >= 11 is 0. The summed E-state index contributed by atoms with van der Waals surface area (Å²) in [6, 6.07) is 20.4. The van der Waals surface area contributed by atoms with Gasteiger partial charge in [0.1, 0.15) is 0 Å². The van der Waals surface area contributed by atoms with Crippen LogP contribution in [0.3, 0.4) is 0 Å². The Morgan fingerprint density at radius 2 is 1.74 bits per heavy atom. The molecule has 0 saturated carbocycles. The molecule has 0 atom stereocenters. The molecule has 4 nitrogen and oxygen atoms in total. The van der Waals surface area contributed by atoms with Crippen LogP contribution < -0.4 is 5.32 Å². The molecule has 0 aliphatic carbocycles. The SMILES string of the molecule is Cc1ccnn2c(-c3cccc(Nc4ccccc4)c3)cnc12. The van der Waals surface area contributed by atoms with Crippen molar-refractivity contribution < 1.29 is 0 Å². The topological polar surface area (TPSA) is 42.2 Å². The Kier molecular flexibility index (Phi) is 3.27. The monoisotopic (exact) mass is 300 g/mol. The molecule has 112 valence electrons. The van der Waals surface area contributed by atoms with Crippen LogP contribution in [0.1, 0.15) is 5.56 Å². The minimum absolute atomic E-state index is 0.893. The molecule has 1 N–H and O–H groups in total. The van der Waals surface area contributed by atoms with E-state index in [-0.39, 0.29) is 0 Å². The fraction of sp³-hybridized carbons (Fsp3) is 0.0526. The molecule has 4 rings (SSSR count). The van der Waals surface area contributed by atoms with Crippen LogP contribution in [0.25, 0.3) is 16.9 Å². The molecule has 0 amide bonds. The Morgan fingerprint density at radius 1 is 0.913 bits per heavy atom. The van der Waals surface area contributed by atoms with Gasteiger partial charge in [0.15, 0.2) is 5.65 Å². The van der Waals surface area contributed by atoms with E-state index in [4.69, 9.17) is 0 Å². The standard InChI is InChI=1S/C19H16N4/c1-14-10-11-21-23-18(13-20-19(14)23)15-6-5-9-17(12-15)22-16-7-3-2-4-8-16/h2-13,22H,1H3. The molecular weight excluding hydrogens is 284 g/mol. The van der Waals surface area contributed by atoms with E-state index in [1.807, 2.05) is 60.1 Å². The molecule has 0 unspecified atom stereocenters. The quantitative estimate of drug-likeness (QED) is 0.608. The fourth-order valence-corrected chi connectivity index (χ4v) is 2.66. The summed E-state index contributed by atoms with van der Waals surface area (Å²) in [5.74, 6) is 0. The summed E-state index contributed by atoms with van der Waals surface area (Å²) < 4.78 is 1.89. The molecule has 0 bridgehead atoms. The van der Waals surface area contributed by atoms with Gasteiger partial charge in [0.05, 0.1) is 11.9 Å². The molecule has 0 saturated heterocycles. The Morgan fingerprint density at radius 3 is 2.61 bits per heavy atom. The maximum Gasteiger partial charge on any atom is 0.157 e. The second kappa shape index (κ2) is 5.57. The first-order valence-corrected chi connectivity index (χ1v) is 7.53. The molecule has 4 aromatic rings. The van der Waals surface area contributed by atoms with Gasteiger partial charge in [-0.3, -0.25) is 0 Å². The number of hydrogen-bond donors (Lipinski definition) is 1. The van der Waals surface area contributed by atoms with E-state index >= 15 is 0 Å². The van der Waals surface area contributed by atoms with Gasteiger partial charge in [-0.1, -0.05) is 30.3 Å². The summed E-state index contributed by atoms with van der Waals surface area (Å²) in [7, 11) is 0.